The summed E-state index contributed by atoms with van der Waals surface area (Å²) in [5.41, 5.74) is 0.994. The first kappa shape index (κ1) is 13.2. The molecule has 1 saturated carbocycles. The summed E-state index contributed by atoms with van der Waals surface area (Å²) in [7, 11) is 0. The van der Waals surface area contributed by atoms with E-state index in [1.807, 2.05) is 18.2 Å². The standard InChI is InChI=1S/C17H17N3O2/c21-17(19-11-4-2-1-3-5-11)22-12-6-7-15-14(10-12)13-8-9-18-16(13)20-15/h6-11H,1-5H2,(H,19,21). The molecular formula is C17H17N3O2. The van der Waals surface area contributed by atoms with Gasteiger partial charge in [-0.1, -0.05) is 19.3 Å². The number of amides is 1. The number of carbonyl (C=O) groups is 1. The first-order valence-corrected chi connectivity index (χ1v) is 7.76. The zero-order valence-electron chi connectivity index (χ0n) is 12.2. The Morgan fingerprint density at radius 1 is 1.23 bits per heavy atom. The molecule has 1 N–H and O–H groups in total. The SMILES string of the molecule is O=C(NC1CCCCC1)Oc1ccc2c(c1)=C1C=CN=C1N=2. The fourth-order valence-corrected chi connectivity index (χ4v) is 3.18. The Bertz CT molecular complexity index is 802. The molecule has 1 fully saturated rings. The summed E-state index contributed by atoms with van der Waals surface area (Å²) >= 11 is 0. The molecule has 0 bridgehead atoms. The number of benzene rings is 1. The smallest absolute Gasteiger partial charge is 0.410 e. The largest absolute Gasteiger partial charge is 0.412 e. The van der Waals surface area contributed by atoms with Gasteiger partial charge in [0.15, 0.2) is 5.84 Å². The second kappa shape index (κ2) is 5.40. The molecule has 3 aliphatic rings. The highest BCUT2D eigenvalue weighted by molar-refractivity contribution is 6.24. The van der Waals surface area contributed by atoms with Gasteiger partial charge in [-0.05, 0) is 37.1 Å². The Labute approximate surface area is 128 Å². The molecule has 0 aromatic heterocycles. The Kier molecular flexibility index (Phi) is 3.25. The highest BCUT2D eigenvalue weighted by atomic mass is 16.6. The molecular weight excluding hydrogens is 278 g/mol. The summed E-state index contributed by atoms with van der Waals surface area (Å²) in [4.78, 5) is 20.6. The fraction of sp³-hybridized carbons (Fsp3) is 0.353. The lowest BCUT2D eigenvalue weighted by atomic mass is 9.96. The summed E-state index contributed by atoms with van der Waals surface area (Å²) < 4.78 is 5.42. The lowest BCUT2D eigenvalue weighted by molar-refractivity contribution is 0.192. The van der Waals surface area contributed by atoms with E-state index >= 15 is 0 Å². The molecule has 0 radical (unpaired) electrons. The Morgan fingerprint density at radius 2 is 2.09 bits per heavy atom. The van der Waals surface area contributed by atoms with Crippen molar-refractivity contribution in [2.24, 2.45) is 9.98 Å². The van der Waals surface area contributed by atoms with E-state index in [-0.39, 0.29) is 12.1 Å². The second-order valence-corrected chi connectivity index (χ2v) is 5.84. The molecule has 4 rings (SSSR count). The molecule has 0 atom stereocenters. The molecule has 2 heterocycles. The Balaban J connectivity index is 1.51. The summed E-state index contributed by atoms with van der Waals surface area (Å²) in [6, 6.07) is 5.73. The predicted molar refractivity (Wildman–Crippen MR) is 83.2 cm³/mol. The van der Waals surface area contributed by atoms with Crippen LogP contribution >= 0.6 is 0 Å². The highest BCUT2D eigenvalue weighted by Gasteiger charge is 2.18. The highest BCUT2D eigenvalue weighted by Crippen LogP contribution is 2.18. The van der Waals surface area contributed by atoms with Crippen molar-refractivity contribution in [3.63, 3.8) is 0 Å². The van der Waals surface area contributed by atoms with Gasteiger partial charge in [-0.15, -0.1) is 0 Å². The van der Waals surface area contributed by atoms with Gasteiger partial charge in [-0.25, -0.2) is 14.8 Å². The van der Waals surface area contributed by atoms with Gasteiger partial charge in [0.1, 0.15) is 5.75 Å². The molecule has 1 aromatic rings. The van der Waals surface area contributed by atoms with Crippen LogP contribution in [-0.4, -0.2) is 18.0 Å². The van der Waals surface area contributed by atoms with Gasteiger partial charge < -0.3 is 10.1 Å². The van der Waals surface area contributed by atoms with E-state index in [1.165, 1.54) is 19.3 Å². The quantitative estimate of drug-likeness (QED) is 0.904. The monoisotopic (exact) mass is 295 g/mol. The maximum absolute atomic E-state index is 12.0. The molecule has 112 valence electrons. The summed E-state index contributed by atoms with van der Waals surface area (Å²) in [6.45, 7) is 0. The minimum Gasteiger partial charge on any atom is -0.410 e. The van der Waals surface area contributed by atoms with E-state index in [2.05, 4.69) is 15.3 Å². The number of fused-ring (bicyclic) bond motifs is 2. The van der Waals surface area contributed by atoms with Gasteiger partial charge in [-0.3, -0.25) is 0 Å². The average Bonchev–Trinajstić information content (AvgIpc) is 3.09. The molecule has 22 heavy (non-hydrogen) atoms. The topological polar surface area (TPSA) is 63.0 Å². The molecule has 1 aliphatic carbocycles. The number of nitrogens with one attached hydrogen (secondary N) is 1. The van der Waals surface area contributed by atoms with Crippen LogP contribution < -0.4 is 20.6 Å². The summed E-state index contributed by atoms with van der Waals surface area (Å²) in [6.07, 6.45) is 8.99. The molecule has 0 saturated heterocycles. The van der Waals surface area contributed by atoms with Crippen molar-refractivity contribution in [2.75, 3.05) is 0 Å². The third-order valence-corrected chi connectivity index (χ3v) is 4.30. The van der Waals surface area contributed by atoms with Gasteiger partial charge in [0.05, 0.1) is 5.36 Å². The van der Waals surface area contributed by atoms with Crippen molar-refractivity contribution in [1.82, 2.24) is 5.32 Å². The van der Waals surface area contributed by atoms with Crippen LogP contribution in [0.15, 0.2) is 40.5 Å². The third kappa shape index (κ3) is 2.43. The average molecular weight is 295 g/mol. The Morgan fingerprint density at radius 3 is 2.95 bits per heavy atom. The van der Waals surface area contributed by atoms with Crippen LogP contribution in [0, 0.1) is 0 Å². The minimum absolute atomic E-state index is 0.247. The lowest BCUT2D eigenvalue weighted by Gasteiger charge is -2.22. The van der Waals surface area contributed by atoms with Crippen molar-refractivity contribution in [3.05, 3.63) is 41.1 Å². The third-order valence-electron chi connectivity index (χ3n) is 4.30. The van der Waals surface area contributed by atoms with Gasteiger partial charge in [0.25, 0.3) is 0 Å². The normalized spacial score (nSPS) is 19.3. The van der Waals surface area contributed by atoms with Crippen LogP contribution in [0.3, 0.4) is 0 Å². The van der Waals surface area contributed by atoms with Crippen LogP contribution in [0.4, 0.5) is 4.79 Å². The van der Waals surface area contributed by atoms with Crippen molar-refractivity contribution in [3.8, 4) is 5.75 Å². The first-order chi connectivity index (χ1) is 10.8. The molecule has 2 aliphatic heterocycles. The molecule has 1 amide bonds. The van der Waals surface area contributed by atoms with Crippen LogP contribution in [0.5, 0.6) is 5.75 Å². The number of nitrogens with zero attached hydrogens (tertiary/aromatic N) is 2. The van der Waals surface area contributed by atoms with E-state index in [0.29, 0.717) is 5.75 Å². The van der Waals surface area contributed by atoms with Crippen LogP contribution in [-0.2, 0) is 0 Å². The van der Waals surface area contributed by atoms with Crippen molar-refractivity contribution >= 4 is 17.5 Å². The molecule has 1 aromatic carbocycles. The zero-order valence-corrected chi connectivity index (χ0v) is 12.2. The van der Waals surface area contributed by atoms with Gasteiger partial charge >= 0.3 is 6.09 Å². The van der Waals surface area contributed by atoms with E-state index in [4.69, 9.17) is 4.74 Å². The van der Waals surface area contributed by atoms with Crippen molar-refractivity contribution in [2.45, 2.75) is 38.1 Å². The maximum Gasteiger partial charge on any atom is 0.412 e. The van der Waals surface area contributed by atoms with Crippen LogP contribution in [0.25, 0.3) is 5.57 Å². The lowest BCUT2D eigenvalue weighted by Crippen LogP contribution is -2.38. The molecule has 0 unspecified atom stereocenters. The maximum atomic E-state index is 12.0. The molecule has 5 heteroatoms. The van der Waals surface area contributed by atoms with Crippen molar-refractivity contribution in [1.29, 1.82) is 0 Å². The number of rotatable bonds is 2. The number of hydrogen-bond acceptors (Lipinski definition) is 4. The number of amidine groups is 1. The van der Waals surface area contributed by atoms with Crippen molar-refractivity contribution < 1.29 is 9.53 Å². The predicted octanol–water partition coefficient (Wildman–Crippen LogP) is 1.82. The summed E-state index contributed by atoms with van der Waals surface area (Å²) in [5.74, 6) is 1.27. The zero-order chi connectivity index (χ0) is 14.9. The minimum atomic E-state index is -0.373. The van der Waals surface area contributed by atoms with Gasteiger partial charge in [-0.2, -0.15) is 0 Å². The fourth-order valence-electron chi connectivity index (χ4n) is 3.18. The van der Waals surface area contributed by atoms with E-state index < -0.39 is 0 Å². The van der Waals surface area contributed by atoms with Crippen LogP contribution in [0.1, 0.15) is 32.1 Å². The first-order valence-electron chi connectivity index (χ1n) is 7.76. The number of ether oxygens (including phenoxy) is 1. The van der Waals surface area contributed by atoms with Gasteiger partial charge in [0, 0.05) is 23.0 Å². The van der Waals surface area contributed by atoms with Gasteiger partial charge in [0.2, 0.25) is 0 Å². The number of hydrogen-bond donors (Lipinski definition) is 1. The van der Waals surface area contributed by atoms with E-state index in [0.717, 1.165) is 34.8 Å². The summed E-state index contributed by atoms with van der Waals surface area (Å²) in [5, 5.41) is 4.79. The van der Waals surface area contributed by atoms with E-state index in [1.54, 1.807) is 12.3 Å². The number of carbonyl (C=O) groups excluding carboxylic acids is 1. The Hall–Kier alpha value is -2.43. The van der Waals surface area contributed by atoms with Crippen LogP contribution in [0.2, 0.25) is 0 Å². The molecule has 5 nitrogen and oxygen atoms in total. The molecule has 0 spiro atoms. The number of aliphatic imine (C=N–C) groups is 1. The second-order valence-electron chi connectivity index (χ2n) is 5.84. The van der Waals surface area contributed by atoms with E-state index in [9.17, 15) is 4.79 Å².